The number of carbonyl (C=O) groups excluding carboxylic acids is 1. The fourth-order valence-electron chi connectivity index (χ4n) is 3.22. The molecule has 0 aromatic carbocycles. The summed E-state index contributed by atoms with van der Waals surface area (Å²) in [6, 6.07) is 0. The van der Waals surface area contributed by atoms with Gasteiger partial charge in [0.2, 0.25) is 5.91 Å². The molecule has 16 heavy (non-hydrogen) atoms. The third-order valence-electron chi connectivity index (χ3n) is 3.99. The molecule has 4 rings (SSSR count). The Balaban J connectivity index is 1.83. The van der Waals surface area contributed by atoms with E-state index in [-0.39, 0.29) is 23.9 Å². The van der Waals surface area contributed by atoms with Gasteiger partial charge in [-0.15, -0.1) is 11.6 Å². The highest BCUT2D eigenvalue weighted by molar-refractivity contribution is 6.27. The number of hydrogen-bond donors (Lipinski definition) is 2. The normalized spacial score (nSPS) is 42.6. The Bertz CT molecular complexity index is 336. The molecule has 6 heteroatoms. The summed E-state index contributed by atoms with van der Waals surface area (Å²) in [6.07, 6.45) is 1.31. The second-order valence-corrected chi connectivity index (χ2v) is 5.32. The van der Waals surface area contributed by atoms with E-state index in [2.05, 4.69) is 5.32 Å². The van der Waals surface area contributed by atoms with Crippen molar-refractivity contribution in [3.8, 4) is 0 Å². The minimum Gasteiger partial charge on any atom is -0.393 e. The quantitative estimate of drug-likeness (QED) is 0.654. The van der Waals surface area contributed by atoms with Gasteiger partial charge in [-0.1, -0.05) is 0 Å². The van der Waals surface area contributed by atoms with Gasteiger partial charge in [0.1, 0.15) is 11.5 Å². The molecular formula is C10H14ClNO4. The lowest BCUT2D eigenvalue weighted by Crippen LogP contribution is -2.72. The molecule has 3 saturated heterocycles. The zero-order valence-electron chi connectivity index (χ0n) is 8.79. The number of halogens is 1. The molecule has 5 nitrogen and oxygen atoms in total. The van der Waals surface area contributed by atoms with Crippen molar-refractivity contribution in [1.82, 2.24) is 5.32 Å². The average molecular weight is 248 g/mol. The first-order chi connectivity index (χ1) is 7.59. The molecule has 0 aromatic heterocycles. The minimum absolute atomic E-state index is 0.00670. The standard InChI is InChI=1S/C10H14ClNO4/c11-1-7(14)12-9-2-8(3-9,4-13)16-10(9)5-15-6-10/h13H,1-6H2,(H,12,14). The Hall–Kier alpha value is -0.360. The molecule has 0 unspecified atom stereocenters. The predicted molar refractivity (Wildman–Crippen MR) is 55.3 cm³/mol. The first-order valence-corrected chi connectivity index (χ1v) is 5.89. The molecule has 1 aliphatic carbocycles. The second kappa shape index (κ2) is 3.10. The molecule has 4 aliphatic rings. The van der Waals surface area contributed by atoms with Gasteiger partial charge in [0.15, 0.2) is 0 Å². The van der Waals surface area contributed by atoms with Gasteiger partial charge in [-0.2, -0.15) is 0 Å². The van der Waals surface area contributed by atoms with Crippen LogP contribution in [0, 0.1) is 0 Å². The number of amides is 1. The summed E-state index contributed by atoms with van der Waals surface area (Å²) in [5.74, 6) is -0.241. The molecule has 1 spiro atoms. The average Bonchev–Trinajstić information content (AvgIpc) is 2.62. The highest BCUT2D eigenvalue weighted by Gasteiger charge is 2.77. The smallest absolute Gasteiger partial charge is 0.235 e. The van der Waals surface area contributed by atoms with Crippen LogP contribution in [0.3, 0.4) is 0 Å². The van der Waals surface area contributed by atoms with Gasteiger partial charge < -0.3 is 19.9 Å². The topological polar surface area (TPSA) is 67.8 Å². The van der Waals surface area contributed by atoms with Crippen LogP contribution in [0.1, 0.15) is 12.8 Å². The van der Waals surface area contributed by atoms with Crippen LogP contribution in [0.2, 0.25) is 0 Å². The van der Waals surface area contributed by atoms with Crippen LogP contribution >= 0.6 is 11.6 Å². The predicted octanol–water partition coefficient (Wildman–Crippen LogP) is -0.596. The van der Waals surface area contributed by atoms with Gasteiger partial charge in [-0.3, -0.25) is 4.79 Å². The maximum atomic E-state index is 11.4. The van der Waals surface area contributed by atoms with Crippen LogP contribution < -0.4 is 5.32 Å². The first kappa shape index (κ1) is 10.8. The Morgan fingerprint density at radius 3 is 2.56 bits per heavy atom. The number of ether oxygens (including phenoxy) is 2. The van der Waals surface area contributed by atoms with Crippen LogP contribution in [0.5, 0.6) is 0 Å². The highest BCUT2D eigenvalue weighted by Crippen LogP contribution is 2.62. The van der Waals surface area contributed by atoms with Crippen LogP contribution in [0.4, 0.5) is 0 Å². The summed E-state index contributed by atoms with van der Waals surface area (Å²) < 4.78 is 11.1. The number of rotatable bonds is 3. The lowest BCUT2D eigenvalue weighted by Gasteiger charge is -2.50. The zero-order chi connectivity index (χ0) is 11.4. The van der Waals surface area contributed by atoms with Crippen LogP contribution in [0.25, 0.3) is 0 Å². The summed E-state index contributed by atoms with van der Waals surface area (Å²) in [5, 5.41) is 12.3. The molecule has 4 fully saturated rings. The van der Waals surface area contributed by atoms with E-state index < -0.39 is 11.2 Å². The molecule has 3 heterocycles. The molecule has 0 atom stereocenters. The van der Waals surface area contributed by atoms with Crippen molar-refractivity contribution in [3.05, 3.63) is 0 Å². The van der Waals surface area contributed by atoms with E-state index in [1.54, 1.807) is 0 Å². The van der Waals surface area contributed by atoms with E-state index in [0.717, 1.165) is 0 Å². The van der Waals surface area contributed by atoms with Gasteiger partial charge in [0.25, 0.3) is 0 Å². The number of aliphatic hydroxyl groups is 1. The number of carbonyl (C=O) groups is 1. The third kappa shape index (κ3) is 1.09. The second-order valence-electron chi connectivity index (χ2n) is 5.05. The minimum atomic E-state index is -0.469. The van der Waals surface area contributed by atoms with Crippen molar-refractivity contribution in [3.63, 3.8) is 0 Å². The lowest BCUT2D eigenvalue weighted by molar-refractivity contribution is -0.212. The summed E-state index contributed by atoms with van der Waals surface area (Å²) >= 11 is 5.50. The summed E-state index contributed by atoms with van der Waals surface area (Å²) in [4.78, 5) is 11.4. The van der Waals surface area contributed by atoms with Crippen molar-refractivity contribution < 1.29 is 19.4 Å². The van der Waals surface area contributed by atoms with E-state index in [9.17, 15) is 9.90 Å². The Kier molecular flexibility index (Phi) is 2.09. The van der Waals surface area contributed by atoms with Gasteiger partial charge >= 0.3 is 0 Å². The molecular weight excluding hydrogens is 234 g/mol. The van der Waals surface area contributed by atoms with Crippen molar-refractivity contribution in [2.75, 3.05) is 25.7 Å². The Morgan fingerprint density at radius 1 is 1.44 bits per heavy atom. The first-order valence-electron chi connectivity index (χ1n) is 5.35. The number of alkyl halides is 1. The van der Waals surface area contributed by atoms with Crippen molar-refractivity contribution in [1.29, 1.82) is 0 Å². The number of aliphatic hydroxyl groups excluding tert-OH is 1. The molecule has 1 amide bonds. The van der Waals surface area contributed by atoms with Crippen LogP contribution in [-0.4, -0.2) is 53.5 Å². The van der Waals surface area contributed by atoms with Crippen LogP contribution in [-0.2, 0) is 14.3 Å². The molecule has 90 valence electrons. The van der Waals surface area contributed by atoms with Crippen molar-refractivity contribution in [2.24, 2.45) is 0 Å². The number of nitrogens with one attached hydrogen (secondary N) is 1. The SMILES string of the molecule is O=C(CCl)NC12CC(CO)(C1)OC21COC1. The maximum Gasteiger partial charge on any atom is 0.235 e. The Morgan fingerprint density at radius 2 is 2.12 bits per heavy atom. The van der Waals surface area contributed by atoms with E-state index in [1.807, 2.05) is 0 Å². The van der Waals surface area contributed by atoms with Crippen LogP contribution in [0.15, 0.2) is 0 Å². The largest absolute Gasteiger partial charge is 0.393 e. The molecule has 3 aliphatic heterocycles. The zero-order valence-corrected chi connectivity index (χ0v) is 9.55. The monoisotopic (exact) mass is 247 g/mol. The highest BCUT2D eigenvalue weighted by atomic mass is 35.5. The lowest BCUT2D eigenvalue weighted by atomic mass is 9.61. The summed E-state index contributed by atoms with van der Waals surface area (Å²) in [5.41, 5.74) is -1.28. The van der Waals surface area contributed by atoms with Crippen molar-refractivity contribution in [2.45, 2.75) is 29.6 Å². The van der Waals surface area contributed by atoms with Gasteiger partial charge in [-0.25, -0.2) is 0 Å². The van der Waals surface area contributed by atoms with Gasteiger partial charge in [0.05, 0.1) is 31.0 Å². The fraction of sp³-hybridized carbons (Fsp3) is 0.900. The van der Waals surface area contributed by atoms with Gasteiger partial charge in [0, 0.05) is 12.8 Å². The number of hydrogen-bond acceptors (Lipinski definition) is 4. The summed E-state index contributed by atoms with van der Waals surface area (Å²) in [7, 11) is 0. The van der Waals surface area contributed by atoms with Crippen molar-refractivity contribution >= 4 is 17.5 Å². The van der Waals surface area contributed by atoms with Gasteiger partial charge in [-0.05, 0) is 0 Å². The Labute approximate surface area is 98.0 Å². The fourth-order valence-corrected chi connectivity index (χ4v) is 3.29. The molecule has 2 N–H and O–H groups in total. The van der Waals surface area contributed by atoms with E-state index in [1.165, 1.54) is 0 Å². The van der Waals surface area contributed by atoms with E-state index in [4.69, 9.17) is 21.1 Å². The molecule has 1 saturated carbocycles. The maximum absolute atomic E-state index is 11.4. The van der Waals surface area contributed by atoms with E-state index in [0.29, 0.717) is 26.1 Å². The summed E-state index contributed by atoms with van der Waals surface area (Å²) in [6.45, 7) is 0.960. The van der Waals surface area contributed by atoms with E-state index >= 15 is 0 Å². The molecule has 0 radical (unpaired) electrons. The molecule has 0 aromatic rings. The molecule has 2 bridgehead atoms. The third-order valence-corrected chi connectivity index (χ3v) is 4.23.